The minimum Gasteiger partial charge on any atom is -0.365 e. The Balaban J connectivity index is 1.48. The number of aromatic nitrogens is 3. The number of benzene rings is 2. The first-order valence-corrected chi connectivity index (χ1v) is 9.98. The van der Waals surface area contributed by atoms with Gasteiger partial charge in [-0.1, -0.05) is 17.7 Å². The van der Waals surface area contributed by atoms with E-state index in [1.165, 1.54) is 29.8 Å². The fourth-order valence-corrected chi connectivity index (χ4v) is 3.20. The van der Waals surface area contributed by atoms with Crippen molar-refractivity contribution in [1.29, 1.82) is 0 Å². The summed E-state index contributed by atoms with van der Waals surface area (Å²) in [5, 5.41) is 13.0. The van der Waals surface area contributed by atoms with Crippen LogP contribution in [0.2, 0.25) is 5.02 Å². The Morgan fingerprint density at radius 2 is 1.75 bits per heavy atom. The summed E-state index contributed by atoms with van der Waals surface area (Å²) in [5.74, 6) is -0.538. The largest absolute Gasteiger partial charge is 0.365 e. The van der Waals surface area contributed by atoms with Crippen LogP contribution in [0.5, 0.6) is 0 Å². The van der Waals surface area contributed by atoms with E-state index in [0.717, 1.165) is 5.56 Å². The first kappa shape index (κ1) is 21.3. The first-order chi connectivity index (χ1) is 15.4. The summed E-state index contributed by atoms with van der Waals surface area (Å²) in [6, 6.07) is 14.7. The van der Waals surface area contributed by atoms with Gasteiger partial charge in [-0.2, -0.15) is 0 Å². The van der Waals surface area contributed by atoms with Crippen molar-refractivity contribution >= 4 is 46.3 Å². The Hall–Kier alpha value is -3.98. The summed E-state index contributed by atoms with van der Waals surface area (Å²) in [4.78, 5) is 28.1. The van der Waals surface area contributed by atoms with Crippen molar-refractivity contribution in [1.82, 2.24) is 14.6 Å². The Morgan fingerprint density at radius 3 is 2.44 bits per heavy atom. The number of imidazole rings is 1. The molecule has 0 atom stereocenters. The maximum absolute atomic E-state index is 13.3. The number of nitrogens with zero attached hydrogens (tertiary/aromatic N) is 3. The monoisotopic (exact) mass is 452 g/mol. The molecule has 2 aromatic carbocycles. The number of fused-ring (bicyclic) bond motifs is 1. The van der Waals surface area contributed by atoms with Crippen LogP contribution >= 0.6 is 11.6 Å². The highest BCUT2D eigenvalue weighted by atomic mass is 35.5. The van der Waals surface area contributed by atoms with Gasteiger partial charge in [0, 0.05) is 24.8 Å². The highest BCUT2D eigenvalue weighted by Gasteiger charge is 2.14. The molecule has 2 heterocycles. The van der Waals surface area contributed by atoms with Gasteiger partial charge in [-0.15, -0.1) is 5.10 Å². The lowest BCUT2D eigenvalue weighted by Crippen LogP contribution is -2.16. The summed E-state index contributed by atoms with van der Waals surface area (Å²) < 4.78 is 14.7. The van der Waals surface area contributed by atoms with Gasteiger partial charge in [0.25, 0.3) is 5.91 Å². The third kappa shape index (κ3) is 4.84. The Labute approximate surface area is 187 Å². The normalized spacial score (nSPS) is 10.7. The number of carbonyl (C=O) groups excluding carboxylic acids is 2. The Bertz CT molecular complexity index is 1310. The molecule has 0 aliphatic heterocycles. The van der Waals surface area contributed by atoms with Gasteiger partial charge in [0.1, 0.15) is 11.6 Å². The van der Waals surface area contributed by atoms with Crippen LogP contribution in [0.3, 0.4) is 0 Å². The predicted molar refractivity (Wildman–Crippen MR) is 120 cm³/mol. The molecule has 4 aromatic rings. The number of nitrogens with one attached hydrogen (secondary N) is 3. The smallest absolute Gasteiger partial charge is 0.276 e. The Morgan fingerprint density at radius 1 is 1.03 bits per heavy atom. The van der Waals surface area contributed by atoms with Gasteiger partial charge in [0.2, 0.25) is 5.91 Å². The van der Waals surface area contributed by atoms with E-state index in [9.17, 15) is 14.0 Å². The Kier molecular flexibility index (Phi) is 6.00. The molecule has 8 nitrogen and oxygen atoms in total. The molecule has 32 heavy (non-hydrogen) atoms. The topological polar surface area (TPSA) is 100 Å². The molecule has 2 aromatic heterocycles. The third-order valence-electron chi connectivity index (χ3n) is 4.52. The van der Waals surface area contributed by atoms with Crippen molar-refractivity contribution in [3.8, 4) is 0 Å². The number of amides is 2. The summed E-state index contributed by atoms with van der Waals surface area (Å²) in [5.41, 5.74) is 2.72. The number of carbonyl (C=O) groups is 2. The lowest BCUT2D eigenvalue weighted by molar-refractivity contribution is -0.114. The van der Waals surface area contributed by atoms with Crippen LogP contribution < -0.4 is 16.0 Å². The molecule has 0 saturated heterocycles. The van der Waals surface area contributed by atoms with Crippen molar-refractivity contribution < 1.29 is 14.0 Å². The lowest BCUT2D eigenvalue weighted by Gasteiger charge is -2.09. The van der Waals surface area contributed by atoms with E-state index in [1.807, 2.05) is 0 Å². The molecule has 0 bridgehead atoms. The maximum atomic E-state index is 13.3. The van der Waals surface area contributed by atoms with Gasteiger partial charge in [0.15, 0.2) is 11.3 Å². The molecule has 10 heteroatoms. The zero-order chi connectivity index (χ0) is 22.7. The molecule has 0 fully saturated rings. The average molecular weight is 453 g/mol. The van der Waals surface area contributed by atoms with Gasteiger partial charge in [-0.3, -0.25) is 9.59 Å². The minimum atomic E-state index is -0.478. The fraction of sp³-hybridized carbons (Fsp3) is 0.0909. The second-order valence-corrected chi connectivity index (χ2v) is 7.35. The van der Waals surface area contributed by atoms with Crippen LogP contribution in [-0.4, -0.2) is 26.4 Å². The van der Waals surface area contributed by atoms with Gasteiger partial charge >= 0.3 is 0 Å². The second kappa shape index (κ2) is 9.03. The summed E-state index contributed by atoms with van der Waals surface area (Å²) in [6.07, 6.45) is 1.44. The minimum absolute atomic E-state index is 0.0476. The lowest BCUT2D eigenvalue weighted by atomic mass is 10.2. The van der Waals surface area contributed by atoms with Crippen LogP contribution in [-0.2, 0) is 11.3 Å². The molecule has 162 valence electrons. The van der Waals surface area contributed by atoms with Gasteiger partial charge in [-0.05, 0) is 54.1 Å². The van der Waals surface area contributed by atoms with Crippen molar-refractivity contribution in [3.63, 3.8) is 0 Å². The molecule has 0 aliphatic carbocycles. The molecule has 0 radical (unpaired) electrons. The van der Waals surface area contributed by atoms with Crippen molar-refractivity contribution in [2.75, 3.05) is 16.0 Å². The molecule has 3 N–H and O–H groups in total. The second-order valence-electron chi connectivity index (χ2n) is 6.95. The van der Waals surface area contributed by atoms with E-state index in [0.29, 0.717) is 29.4 Å². The quantitative estimate of drug-likeness (QED) is 0.404. The van der Waals surface area contributed by atoms with Crippen LogP contribution in [0.25, 0.3) is 5.65 Å². The number of hydrogen-bond donors (Lipinski definition) is 3. The average Bonchev–Trinajstić information content (AvgIpc) is 3.19. The molecule has 4 rings (SSSR count). The SMILES string of the molecule is CC(=O)Nc1ccc(NC(=O)c2cnc3ccc(NCc4ccc(F)c(Cl)c4)nn23)cc1. The van der Waals surface area contributed by atoms with Gasteiger partial charge < -0.3 is 16.0 Å². The van der Waals surface area contributed by atoms with Gasteiger partial charge in [0.05, 0.1) is 11.2 Å². The van der Waals surface area contributed by atoms with Crippen LogP contribution in [0, 0.1) is 5.82 Å². The summed E-state index contributed by atoms with van der Waals surface area (Å²) in [7, 11) is 0. The number of anilines is 3. The zero-order valence-electron chi connectivity index (χ0n) is 16.9. The predicted octanol–water partition coefficient (Wildman–Crippen LogP) is 4.34. The van der Waals surface area contributed by atoms with E-state index in [-0.39, 0.29) is 22.5 Å². The molecule has 0 saturated carbocycles. The number of rotatable bonds is 6. The first-order valence-electron chi connectivity index (χ1n) is 9.60. The van der Waals surface area contributed by atoms with Crippen LogP contribution in [0.1, 0.15) is 23.0 Å². The highest BCUT2D eigenvalue weighted by molar-refractivity contribution is 6.30. The third-order valence-corrected chi connectivity index (χ3v) is 4.81. The van der Waals surface area contributed by atoms with Crippen molar-refractivity contribution in [2.45, 2.75) is 13.5 Å². The van der Waals surface area contributed by atoms with E-state index >= 15 is 0 Å². The molecule has 0 aliphatic rings. The summed E-state index contributed by atoms with van der Waals surface area (Å²) in [6.45, 7) is 1.79. The van der Waals surface area contributed by atoms with Crippen molar-refractivity contribution in [3.05, 3.63) is 82.9 Å². The number of halogens is 2. The maximum Gasteiger partial charge on any atom is 0.276 e. The molecular weight excluding hydrogens is 435 g/mol. The van der Waals surface area contributed by atoms with Gasteiger partial charge in [-0.25, -0.2) is 13.9 Å². The fourth-order valence-electron chi connectivity index (χ4n) is 3.00. The van der Waals surface area contributed by atoms with E-state index in [1.54, 1.807) is 42.5 Å². The summed E-state index contributed by atoms with van der Waals surface area (Å²) >= 11 is 5.82. The number of hydrogen-bond acceptors (Lipinski definition) is 5. The van der Waals surface area contributed by atoms with Crippen LogP contribution in [0.15, 0.2) is 60.8 Å². The highest BCUT2D eigenvalue weighted by Crippen LogP contribution is 2.18. The molecule has 0 unspecified atom stereocenters. The van der Waals surface area contributed by atoms with E-state index in [2.05, 4.69) is 26.0 Å². The van der Waals surface area contributed by atoms with Crippen molar-refractivity contribution in [2.24, 2.45) is 0 Å². The molecule has 0 spiro atoms. The van der Waals surface area contributed by atoms with E-state index in [4.69, 9.17) is 11.6 Å². The zero-order valence-corrected chi connectivity index (χ0v) is 17.7. The molecule has 2 amide bonds. The molecular formula is C22H18ClFN6O2. The standard InChI is InChI=1S/C22H18ClFN6O2/c1-13(31)27-15-3-5-16(6-4-15)28-22(32)19-12-26-21-9-8-20(29-30(19)21)25-11-14-2-7-18(24)17(23)10-14/h2-10,12H,11H2,1H3,(H,25,29)(H,27,31)(H,28,32). The van der Waals surface area contributed by atoms with E-state index < -0.39 is 5.82 Å². The van der Waals surface area contributed by atoms with Crippen LogP contribution in [0.4, 0.5) is 21.6 Å².